The number of nitrogens with one attached hydrogen (secondary N) is 1. The lowest BCUT2D eigenvalue weighted by Crippen LogP contribution is -2.50. The molecule has 2 heterocycles. The summed E-state index contributed by atoms with van der Waals surface area (Å²) >= 11 is 0. The highest BCUT2D eigenvalue weighted by Gasteiger charge is 2.45. The van der Waals surface area contributed by atoms with Crippen molar-refractivity contribution in [3.8, 4) is 0 Å². The molecule has 1 saturated carbocycles. The second-order valence-corrected chi connectivity index (χ2v) is 4.81. The number of ether oxygens (including phenoxy) is 2. The molecular weight excluding hydrogens is 178 g/mol. The van der Waals surface area contributed by atoms with E-state index >= 15 is 0 Å². The van der Waals surface area contributed by atoms with Crippen LogP contribution in [-0.2, 0) is 9.47 Å². The van der Waals surface area contributed by atoms with Crippen molar-refractivity contribution in [2.45, 2.75) is 43.9 Å². The molecule has 0 aromatic carbocycles. The van der Waals surface area contributed by atoms with E-state index in [4.69, 9.17) is 9.47 Å². The van der Waals surface area contributed by atoms with Gasteiger partial charge in [-0.15, -0.1) is 0 Å². The Morgan fingerprint density at radius 1 is 1.14 bits per heavy atom. The minimum Gasteiger partial charge on any atom is -0.348 e. The van der Waals surface area contributed by atoms with Crippen molar-refractivity contribution in [3.63, 3.8) is 0 Å². The van der Waals surface area contributed by atoms with Crippen LogP contribution in [0.4, 0.5) is 0 Å². The Morgan fingerprint density at radius 2 is 2.00 bits per heavy atom. The van der Waals surface area contributed by atoms with Gasteiger partial charge < -0.3 is 14.8 Å². The molecule has 1 aliphatic carbocycles. The van der Waals surface area contributed by atoms with Crippen LogP contribution in [0.5, 0.6) is 0 Å². The van der Waals surface area contributed by atoms with Gasteiger partial charge in [0.15, 0.2) is 5.79 Å². The zero-order chi connectivity index (χ0) is 9.43. The van der Waals surface area contributed by atoms with Crippen LogP contribution in [0.1, 0.15) is 32.1 Å². The van der Waals surface area contributed by atoms with E-state index in [0.29, 0.717) is 0 Å². The number of rotatable bonds is 0. The quantitative estimate of drug-likeness (QED) is 0.634. The van der Waals surface area contributed by atoms with E-state index in [-0.39, 0.29) is 5.79 Å². The van der Waals surface area contributed by atoms with E-state index in [9.17, 15) is 0 Å². The van der Waals surface area contributed by atoms with Gasteiger partial charge in [0.05, 0.1) is 13.2 Å². The minimum absolute atomic E-state index is 0.180. The van der Waals surface area contributed by atoms with Crippen molar-refractivity contribution in [1.82, 2.24) is 5.32 Å². The molecule has 0 aromatic rings. The number of hydrogen-bond donors (Lipinski definition) is 1. The lowest BCUT2D eigenvalue weighted by Gasteiger charge is -2.43. The smallest absolute Gasteiger partial charge is 0.168 e. The summed E-state index contributed by atoms with van der Waals surface area (Å²) in [4.78, 5) is 0. The van der Waals surface area contributed by atoms with Gasteiger partial charge in [0, 0.05) is 18.9 Å². The largest absolute Gasteiger partial charge is 0.348 e. The number of hydrogen-bond acceptors (Lipinski definition) is 3. The highest BCUT2D eigenvalue weighted by Crippen LogP contribution is 2.41. The van der Waals surface area contributed by atoms with Crippen LogP contribution < -0.4 is 5.32 Å². The first-order chi connectivity index (χ1) is 6.88. The summed E-state index contributed by atoms with van der Waals surface area (Å²) in [6, 6.07) is 0.738. The van der Waals surface area contributed by atoms with E-state index in [1.807, 2.05) is 0 Å². The monoisotopic (exact) mass is 197 g/mol. The highest BCUT2D eigenvalue weighted by molar-refractivity contribution is 4.93. The van der Waals surface area contributed by atoms with E-state index in [2.05, 4.69) is 5.32 Å². The molecule has 3 nitrogen and oxygen atoms in total. The van der Waals surface area contributed by atoms with Crippen molar-refractivity contribution in [3.05, 3.63) is 0 Å². The van der Waals surface area contributed by atoms with Gasteiger partial charge in [-0.3, -0.25) is 0 Å². The lowest BCUT2D eigenvalue weighted by molar-refractivity contribution is -0.192. The average Bonchev–Trinajstić information content (AvgIpc) is 2.66. The maximum absolute atomic E-state index is 5.78. The Balaban J connectivity index is 1.70. The molecule has 3 rings (SSSR count). The first-order valence-corrected chi connectivity index (χ1v) is 5.89. The fourth-order valence-electron chi connectivity index (χ4n) is 3.24. The van der Waals surface area contributed by atoms with Gasteiger partial charge in [-0.1, -0.05) is 0 Å². The summed E-state index contributed by atoms with van der Waals surface area (Å²) in [5.74, 6) is 0.607. The van der Waals surface area contributed by atoms with Crippen LogP contribution in [0.3, 0.4) is 0 Å². The van der Waals surface area contributed by atoms with Gasteiger partial charge >= 0.3 is 0 Å². The van der Waals surface area contributed by atoms with Gasteiger partial charge in [0.1, 0.15) is 0 Å². The van der Waals surface area contributed by atoms with Gasteiger partial charge in [-0.25, -0.2) is 0 Å². The highest BCUT2D eigenvalue weighted by atomic mass is 16.7. The van der Waals surface area contributed by atoms with E-state index in [1.54, 1.807) is 0 Å². The van der Waals surface area contributed by atoms with E-state index in [1.165, 1.54) is 25.8 Å². The fraction of sp³-hybridized carbons (Fsp3) is 1.00. The molecule has 14 heavy (non-hydrogen) atoms. The van der Waals surface area contributed by atoms with Gasteiger partial charge in [0.2, 0.25) is 0 Å². The number of piperidine rings is 1. The fourth-order valence-corrected chi connectivity index (χ4v) is 3.24. The van der Waals surface area contributed by atoms with Crippen LogP contribution in [0.15, 0.2) is 0 Å². The molecule has 3 heteroatoms. The predicted octanol–water partition coefficient (Wildman–Crippen LogP) is 1.28. The van der Waals surface area contributed by atoms with E-state index < -0.39 is 0 Å². The molecule has 0 aromatic heterocycles. The third kappa shape index (κ3) is 1.47. The molecule has 80 valence electrons. The van der Waals surface area contributed by atoms with E-state index in [0.717, 1.165) is 38.0 Å². The molecule has 2 atom stereocenters. The Labute approximate surface area is 85.1 Å². The van der Waals surface area contributed by atoms with Gasteiger partial charge in [0.25, 0.3) is 0 Å². The predicted molar refractivity (Wildman–Crippen MR) is 53.0 cm³/mol. The first-order valence-electron chi connectivity index (χ1n) is 5.89. The molecule has 0 radical (unpaired) electrons. The Morgan fingerprint density at radius 3 is 2.86 bits per heavy atom. The van der Waals surface area contributed by atoms with Crippen molar-refractivity contribution in [1.29, 1.82) is 0 Å². The Hall–Kier alpha value is -0.120. The lowest BCUT2D eigenvalue weighted by atomic mass is 9.76. The molecule has 3 fully saturated rings. The molecule has 2 saturated heterocycles. The third-order valence-corrected chi connectivity index (χ3v) is 3.95. The SMILES string of the molecule is C1CNC2CCC3(CC2C1)OCCO3. The summed E-state index contributed by atoms with van der Waals surface area (Å²) in [5.41, 5.74) is 0. The summed E-state index contributed by atoms with van der Waals surface area (Å²) in [7, 11) is 0. The van der Waals surface area contributed by atoms with Crippen molar-refractivity contribution < 1.29 is 9.47 Å². The zero-order valence-corrected chi connectivity index (χ0v) is 8.63. The van der Waals surface area contributed by atoms with Gasteiger partial charge in [-0.2, -0.15) is 0 Å². The van der Waals surface area contributed by atoms with Crippen molar-refractivity contribution >= 4 is 0 Å². The molecule has 2 aliphatic heterocycles. The molecule has 0 bridgehead atoms. The average molecular weight is 197 g/mol. The zero-order valence-electron chi connectivity index (χ0n) is 8.63. The number of fused-ring (bicyclic) bond motifs is 1. The van der Waals surface area contributed by atoms with Crippen LogP contribution in [0.2, 0.25) is 0 Å². The van der Waals surface area contributed by atoms with Crippen LogP contribution in [0, 0.1) is 5.92 Å². The topological polar surface area (TPSA) is 30.5 Å². The Kier molecular flexibility index (Phi) is 2.26. The molecule has 1 spiro atoms. The Bertz CT molecular complexity index is 213. The van der Waals surface area contributed by atoms with Gasteiger partial charge in [-0.05, 0) is 31.7 Å². The maximum Gasteiger partial charge on any atom is 0.168 e. The van der Waals surface area contributed by atoms with Crippen molar-refractivity contribution in [2.24, 2.45) is 5.92 Å². The summed E-state index contributed by atoms with van der Waals surface area (Å²) in [6.45, 7) is 2.80. The molecule has 2 unspecified atom stereocenters. The molecular formula is C11H19NO2. The molecule has 1 N–H and O–H groups in total. The maximum atomic E-state index is 5.78. The van der Waals surface area contributed by atoms with Crippen LogP contribution in [0.25, 0.3) is 0 Å². The first kappa shape index (κ1) is 9.13. The van der Waals surface area contributed by atoms with Crippen molar-refractivity contribution in [2.75, 3.05) is 19.8 Å². The molecule has 0 amide bonds. The second kappa shape index (κ2) is 3.47. The van der Waals surface area contributed by atoms with Crippen LogP contribution >= 0.6 is 0 Å². The standard InChI is InChI=1S/C11H19NO2/c1-2-9-8-11(13-6-7-14-11)4-3-10(9)12-5-1/h9-10,12H,1-8H2. The minimum atomic E-state index is -0.180. The summed E-state index contributed by atoms with van der Waals surface area (Å²) < 4.78 is 11.6. The summed E-state index contributed by atoms with van der Waals surface area (Å²) in [5, 5.41) is 3.62. The second-order valence-electron chi connectivity index (χ2n) is 4.81. The van der Waals surface area contributed by atoms with Crippen LogP contribution in [-0.4, -0.2) is 31.6 Å². The summed E-state index contributed by atoms with van der Waals surface area (Å²) in [6.07, 6.45) is 6.10. The molecule has 3 aliphatic rings. The third-order valence-electron chi connectivity index (χ3n) is 3.95. The normalized spacial score (nSPS) is 41.1.